The Bertz CT molecular complexity index is 198. The molecule has 0 saturated heterocycles. The molecule has 1 nitrogen and oxygen atoms in total. The second-order valence-electron chi connectivity index (χ2n) is 2.01. The minimum absolute atomic E-state index is 0. The molecule has 1 radical (unpaired) electrons. The summed E-state index contributed by atoms with van der Waals surface area (Å²) in [5, 5.41) is 4.07. The van der Waals surface area contributed by atoms with Crippen LogP contribution in [0.5, 0.6) is 0 Å². The van der Waals surface area contributed by atoms with Crippen LogP contribution in [0.3, 0.4) is 0 Å². The Kier molecular flexibility index (Phi) is 5.39. The van der Waals surface area contributed by atoms with Crippen LogP contribution in [0.2, 0.25) is 0 Å². The van der Waals surface area contributed by atoms with E-state index in [0.717, 1.165) is 5.69 Å². The van der Waals surface area contributed by atoms with Gasteiger partial charge in [0.1, 0.15) is 0 Å². The molecule has 0 saturated carbocycles. The van der Waals surface area contributed by atoms with Gasteiger partial charge in [-0.2, -0.15) is 0 Å². The Morgan fingerprint density at radius 3 is 2.20 bits per heavy atom. The van der Waals surface area contributed by atoms with Gasteiger partial charge >= 0.3 is 0 Å². The van der Waals surface area contributed by atoms with Crippen molar-refractivity contribution < 1.29 is 44.1 Å². The fourth-order valence-electron chi connectivity index (χ4n) is 0.814. The third kappa shape index (κ3) is 2.60. The number of hydrogen-bond acceptors (Lipinski definition) is 0. The first kappa shape index (κ1) is 10.5. The fraction of sp³-hybridized carbons (Fsp3) is 0.250. The topological polar surface area (TPSA) is 14.1 Å². The molecule has 0 amide bonds. The zero-order chi connectivity index (χ0) is 6.69. The summed E-state index contributed by atoms with van der Waals surface area (Å²) in [5.41, 5.74) is 2.32. The second-order valence-corrected chi connectivity index (χ2v) is 2.01. The fourth-order valence-corrected chi connectivity index (χ4v) is 0.814. The number of rotatable bonds is 1. The van der Waals surface area contributed by atoms with Gasteiger partial charge in [-0.05, 0) is 6.92 Å². The van der Waals surface area contributed by atoms with E-state index in [-0.39, 0.29) is 44.1 Å². The third-order valence-electron chi connectivity index (χ3n) is 1.36. The van der Waals surface area contributed by atoms with Gasteiger partial charge in [0.05, 0.1) is 0 Å². The Morgan fingerprint density at radius 2 is 1.80 bits per heavy atom. The molecule has 51 valence electrons. The van der Waals surface area contributed by atoms with Gasteiger partial charge in [0, 0.05) is 44.1 Å². The quantitative estimate of drug-likeness (QED) is 0.742. The Hall–Kier alpha value is 0.462. The zero-order valence-corrected chi connectivity index (χ0v) is 11.1. The van der Waals surface area contributed by atoms with Gasteiger partial charge in [0.25, 0.3) is 0 Å². The molecule has 0 unspecified atom stereocenters. The maximum absolute atomic E-state index is 4.07. The molecule has 0 heterocycles. The van der Waals surface area contributed by atoms with E-state index in [0.29, 0.717) is 0 Å². The Morgan fingerprint density at radius 1 is 1.20 bits per heavy atom. The number of para-hydroxylation sites is 1. The molecule has 1 aromatic carbocycles. The molecule has 10 heavy (non-hydrogen) atoms. The number of benzene rings is 1. The van der Waals surface area contributed by atoms with E-state index in [9.17, 15) is 0 Å². The number of hydrogen-bond donors (Lipinski definition) is 0. The van der Waals surface area contributed by atoms with Crippen molar-refractivity contribution in [2.45, 2.75) is 6.92 Å². The molecule has 0 aromatic heterocycles. The molecule has 1 rings (SSSR count). The zero-order valence-electron chi connectivity index (χ0n) is 6.33. The summed E-state index contributed by atoms with van der Waals surface area (Å²) in [7, 11) is 1.81. The van der Waals surface area contributed by atoms with Crippen LogP contribution in [0.1, 0.15) is 5.56 Å². The van der Waals surface area contributed by atoms with Gasteiger partial charge in [0.2, 0.25) is 0 Å². The first-order valence-electron chi connectivity index (χ1n) is 3.00. The molecular formula is C8H10AcN-. The monoisotopic (exact) mass is 347 g/mol. The number of aryl methyl sites for hydroxylation is 1. The third-order valence-corrected chi connectivity index (χ3v) is 1.36. The predicted molar refractivity (Wildman–Crippen MR) is 40.1 cm³/mol. The molecule has 0 fully saturated rings. The van der Waals surface area contributed by atoms with E-state index in [1.165, 1.54) is 5.56 Å². The van der Waals surface area contributed by atoms with Gasteiger partial charge in [-0.1, -0.05) is 29.8 Å². The Labute approximate surface area is 97.8 Å². The van der Waals surface area contributed by atoms with Crippen molar-refractivity contribution in [3.8, 4) is 0 Å². The largest absolute Gasteiger partial charge is 0.687 e. The van der Waals surface area contributed by atoms with Crippen LogP contribution in [0, 0.1) is 51.0 Å². The normalized spacial score (nSPS) is 8.20. The summed E-state index contributed by atoms with van der Waals surface area (Å²) >= 11 is 0. The molecule has 2 heteroatoms. The van der Waals surface area contributed by atoms with Gasteiger partial charge in [0.15, 0.2) is 0 Å². The van der Waals surface area contributed by atoms with Gasteiger partial charge in [-0.25, -0.2) is 0 Å². The van der Waals surface area contributed by atoms with Crippen molar-refractivity contribution in [3.05, 3.63) is 35.1 Å². The van der Waals surface area contributed by atoms with Gasteiger partial charge in [-0.3, -0.25) is 0 Å². The average Bonchev–Trinajstić information content (AvgIpc) is 1.89. The van der Waals surface area contributed by atoms with Crippen LogP contribution in [-0.2, 0) is 0 Å². The molecular weight excluding hydrogens is 337 g/mol. The van der Waals surface area contributed by atoms with Gasteiger partial charge in [-0.15, -0.1) is 12.7 Å². The SMILES string of the molecule is C[N-]c1ccccc1C.[Ac]. The van der Waals surface area contributed by atoms with E-state index in [2.05, 4.69) is 18.3 Å². The summed E-state index contributed by atoms with van der Waals surface area (Å²) in [4.78, 5) is 0. The summed E-state index contributed by atoms with van der Waals surface area (Å²) in [6, 6.07) is 8.08. The van der Waals surface area contributed by atoms with Crippen LogP contribution in [0.15, 0.2) is 24.3 Å². The standard InChI is InChI=1S/C8H10N.Ac/c1-7-5-3-4-6-8(7)9-2;/h3-6H,1-2H3;/q-1;. The summed E-state index contributed by atoms with van der Waals surface area (Å²) in [6.07, 6.45) is 0. The van der Waals surface area contributed by atoms with Crippen molar-refractivity contribution >= 4 is 5.69 Å². The van der Waals surface area contributed by atoms with Crippen molar-refractivity contribution in [2.24, 2.45) is 0 Å². The molecule has 0 bridgehead atoms. The molecule has 0 aliphatic rings. The molecule has 0 N–H and O–H groups in total. The minimum Gasteiger partial charge on any atom is -0.687 e. The van der Waals surface area contributed by atoms with Crippen molar-refractivity contribution in [3.63, 3.8) is 0 Å². The van der Waals surface area contributed by atoms with Crippen LogP contribution < -0.4 is 0 Å². The van der Waals surface area contributed by atoms with Crippen LogP contribution >= 0.6 is 0 Å². The molecule has 0 aliphatic carbocycles. The minimum atomic E-state index is 0. The van der Waals surface area contributed by atoms with Crippen LogP contribution in [0.4, 0.5) is 5.69 Å². The molecule has 0 spiro atoms. The van der Waals surface area contributed by atoms with Crippen LogP contribution in [0.25, 0.3) is 5.32 Å². The number of nitrogens with zero attached hydrogens (tertiary/aromatic N) is 1. The average molecular weight is 347 g/mol. The van der Waals surface area contributed by atoms with E-state index >= 15 is 0 Å². The Balaban J connectivity index is 0.000000810. The summed E-state index contributed by atoms with van der Waals surface area (Å²) < 4.78 is 0. The molecule has 0 aliphatic heterocycles. The van der Waals surface area contributed by atoms with Gasteiger partial charge < -0.3 is 5.32 Å². The van der Waals surface area contributed by atoms with E-state index in [1.54, 1.807) is 0 Å². The smallest absolute Gasteiger partial charge is 0 e. The first-order chi connectivity index (χ1) is 4.34. The summed E-state index contributed by atoms with van der Waals surface area (Å²) in [5.74, 6) is 0. The van der Waals surface area contributed by atoms with Crippen molar-refractivity contribution in [1.29, 1.82) is 0 Å². The second kappa shape index (κ2) is 5.16. The van der Waals surface area contributed by atoms with E-state index < -0.39 is 0 Å². The molecule has 0 atom stereocenters. The van der Waals surface area contributed by atoms with E-state index in [1.807, 2.05) is 25.2 Å². The van der Waals surface area contributed by atoms with Crippen molar-refractivity contribution in [2.75, 3.05) is 7.05 Å². The maximum Gasteiger partial charge on any atom is 0 e. The molecule has 1 aromatic rings. The maximum atomic E-state index is 4.07. The van der Waals surface area contributed by atoms with Crippen molar-refractivity contribution in [1.82, 2.24) is 0 Å². The predicted octanol–water partition coefficient (Wildman–Crippen LogP) is 2.63. The first-order valence-corrected chi connectivity index (χ1v) is 3.00. The summed E-state index contributed by atoms with van der Waals surface area (Å²) in [6.45, 7) is 2.06. The van der Waals surface area contributed by atoms with E-state index in [4.69, 9.17) is 0 Å². The van der Waals surface area contributed by atoms with Crippen LogP contribution in [-0.4, -0.2) is 7.05 Å².